The molecule has 0 aliphatic carbocycles. The van der Waals surface area contributed by atoms with Crippen LogP contribution in [-0.4, -0.2) is 84.6 Å². The van der Waals surface area contributed by atoms with Crippen LogP contribution < -0.4 is 4.90 Å². The van der Waals surface area contributed by atoms with Crippen LogP contribution in [0.1, 0.15) is 24.4 Å². The zero-order chi connectivity index (χ0) is 22.6. The van der Waals surface area contributed by atoms with Crippen LogP contribution in [-0.2, 0) is 9.59 Å². The third-order valence-electron chi connectivity index (χ3n) is 6.93. The molecule has 2 amide bonds. The molecule has 1 unspecified atom stereocenters. The molecule has 6 nitrogen and oxygen atoms in total. The first-order chi connectivity index (χ1) is 16.2. The van der Waals surface area contributed by atoms with Crippen LogP contribution in [0, 0.1) is 0 Å². The third kappa shape index (κ3) is 5.10. The standard InChI is InChI=1S/C26H32N4O2S/c31-25(29-12-6-7-13-29)18-27-14-16-28(17-15-27)19-26(32)30-22-10-4-5-11-24(22)33-20-23(30)21-8-2-1-3-9-21/h1-5,8-11,23H,6-7,12-20H2. The highest BCUT2D eigenvalue weighted by Gasteiger charge is 2.33. The van der Waals surface area contributed by atoms with Crippen molar-refractivity contribution in [3.8, 4) is 0 Å². The summed E-state index contributed by atoms with van der Waals surface area (Å²) < 4.78 is 0. The summed E-state index contributed by atoms with van der Waals surface area (Å²) >= 11 is 1.83. The van der Waals surface area contributed by atoms with Crippen molar-refractivity contribution in [2.45, 2.75) is 23.8 Å². The predicted molar refractivity (Wildman–Crippen MR) is 133 cm³/mol. The number of thioether (sulfide) groups is 1. The number of hydrogen-bond acceptors (Lipinski definition) is 5. The van der Waals surface area contributed by atoms with Gasteiger partial charge in [-0.25, -0.2) is 0 Å². The van der Waals surface area contributed by atoms with Crippen molar-refractivity contribution >= 4 is 29.3 Å². The van der Waals surface area contributed by atoms with Gasteiger partial charge in [0.05, 0.1) is 24.8 Å². The Kier molecular flexibility index (Phi) is 6.99. The number of fused-ring (bicyclic) bond motifs is 1. The number of para-hydroxylation sites is 1. The van der Waals surface area contributed by atoms with Gasteiger partial charge in [-0.15, -0.1) is 11.8 Å². The van der Waals surface area contributed by atoms with Gasteiger partial charge in [0.25, 0.3) is 0 Å². The smallest absolute Gasteiger partial charge is 0.241 e. The molecule has 3 heterocycles. The van der Waals surface area contributed by atoms with Gasteiger partial charge in [0.1, 0.15) is 0 Å². The quantitative estimate of drug-likeness (QED) is 0.681. The van der Waals surface area contributed by atoms with E-state index in [2.05, 4.69) is 34.1 Å². The highest BCUT2D eigenvalue weighted by atomic mass is 32.2. The molecule has 2 aromatic rings. The van der Waals surface area contributed by atoms with Crippen LogP contribution in [0.5, 0.6) is 0 Å². The van der Waals surface area contributed by atoms with Gasteiger partial charge in [-0.1, -0.05) is 42.5 Å². The lowest BCUT2D eigenvalue weighted by atomic mass is 10.1. The molecule has 33 heavy (non-hydrogen) atoms. The lowest BCUT2D eigenvalue weighted by Gasteiger charge is -2.39. The van der Waals surface area contributed by atoms with E-state index in [9.17, 15) is 9.59 Å². The minimum Gasteiger partial charge on any atom is -0.342 e. The van der Waals surface area contributed by atoms with E-state index in [4.69, 9.17) is 0 Å². The summed E-state index contributed by atoms with van der Waals surface area (Å²) in [5.74, 6) is 1.27. The second-order valence-corrected chi connectivity index (χ2v) is 10.2. The van der Waals surface area contributed by atoms with Gasteiger partial charge in [-0.3, -0.25) is 19.4 Å². The fourth-order valence-corrected chi connectivity index (χ4v) is 6.22. The van der Waals surface area contributed by atoms with E-state index in [1.54, 1.807) is 0 Å². The van der Waals surface area contributed by atoms with Crippen molar-refractivity contribution in [3.05, 3.63) is 60.2 Å². The Hall–Kier alpha value is -2.35. The monoisotopic (exact) mass is 464 g/mol. The molecule has 0 radical (unpaired) electrons. The predicted octanol–water partition coefficient (Wildman–Crippen LogP) is 3.11. The largest absolute Gasteiger partial charge is 0.342 e. The second-order valence-electron chi connectivity index (χ2n) is 9.11. The van der Waals surface area contributed by atoms with E-state index in [1.807, 2.05) is 51.9 Å². The molecular formula is C26H32N4O2S. The van der Waals surface area contributed by atoms with E-state index >= 15 is 0 Å². The molecule has 0 N–H and O–H groups in total. The van der Waals surface area contributed by atoms with Crippen LogP contribution in [0.25, 0.3) is 0 Å². The number of piperazine rings is 1. The highest BCUT2D eigenvalue weighted by Crippen LogP contribution is 2.43. The minimum atomic E-state index is 0.0398. The third-order valence-corrected chi connectivity index (χ3v) is 8.07. The number of carbonyl (C=O) groups is 2. The summed E-state index contributed by atoms with van der Waals surface area (Å²) in [6.07, 6.45) is 2.26. The first-order valence-corrected chi connectivity index (χ1v) is 13.0. The number of hydrogen-bond donors (Lipinski definition) is 0. The number of nitrogens with zero attached hydrogens (tertiary/aromatic N) is 4. The zero-order valence-electron chi connectivity index (χ0n) is 19.1. The Morgan fingerprint density at radius 3 is 2.06 bits per heavy atom. The summed E-state index contributed by atoms with van der Waals surface area (Å²) in [5, 5.41) is 0. The van der Waals surface area contributed by atoms with Crippen LogP contribution in [0.3, 0.4) is 0 Å². The Morgan fingerprint density at radius 2 is 1.36 bits per heavy atom. The summed E-state index contributed by atoms with van der Waals surface area (Å²) in [6.45, 7) is 6.04. The molecule has 174 valence electrons. The maximum Gasteiger partial charge on any atom is 0.241 e. The molecule has 1 atom stereocenters. The summed E-state index contributed by atoms with van der Waals surface area (Å²) in [6, 6.07) is 18.6. The Bertz CT molecular complexity index is 971. The van der Waals surface area contributed by atoms with Crippen molar-refractivity contribution in [2.75, 3.05) is 63.0 Å². The van der Waals surface area contributed by atoms with E-state index < -0.39 is 0 Å². The maximum atomic E-state index is 13.6. The van der Waals surface area contributed by atoms with Gasteiger partial charge in [0.15, 0.2) is 0 Å². The average molecular weight is 465 g/mol. The Labute approximate surface area is 200 Å². The van der Waals surface area contributed by atoms with Crippen molar-refractivity contribution in [1.82, 2.24) is 14.7 Å². The molecule has 2 saturated heterocycles. The Balaban J connectivity index is 1.23. The van der Waals surface area contributed by atoms with Crippen LogP contribution in [0.2, 0.25) is 0 Å². The molecule has 3 aliphatic heterocycles. The lowest BCUT2D eigenvalue weighted by Crippen LogP contribution is -2.52. The average Bonchev–Trinajstić information content (AvgIpc) is 3.40. The maximum absolute atomic E-state index is 13.6. The molecule has 0 bridgehead atoms. The van der Waals surface area contributed by atoms with Gasteiger partial charge in [0.2, 0.25) is 11.8 Å². The van der Waals surface area contributed by atoms with E-state index in [0.717, 1.165) is 63.6 Å². The second kappa shape index (κ2) is 10.3. The van der Waals surface area contributed by atoms with E-state index in [1.165, 1.54) is 10.5 Å². The molecule has 0 aromatic heterocycles. The summed E-state index contributed by atoms with van der Waals surface area (Å²) in [4.78, 5) is 35.8. The molecule has 2 fully saturated rings. The molecule has 0 spiro atoms. The van der Waals surface area contributed by atoms with Crippen LogP contribution in [0.15, 0.2) is 59.5 Å². The fourth-order valence-electron chi connectivity index (χ4n) is 5.05. The molecule has 2 aromatic carbocycles. The summed E-state index contributed by atoms with van der Waals surface area (Å²) in [7, 11) is 0. The van der Waals surface area contributed by atoms with Gasteiger partial charge < -0.3 is 9.80 Å². The topological polar surface area (TPSA) is 47.1 Å². The first kappa shape index (κ1) is 22.4. The number of amides is 2. The Morgan fingerprint density at radius 1 is 0.758 bits per heavy atom. The van der Waals surface area contributed by atoms with E-state index in [-0.39, 0.29) is 17.9 Å². The number of rotatable bonds is 5. The first-order valence-electron chi connectivity index (χ1n) is 12.0. The van der Waals surface area contributed by atoms with Crippen molar-refractivity contribution in [2.24, 2.45) is 0 Å². The SMILES string of the molecule is O=C(CN1CCN(CC(=O)N2c3ccccc3SCC2c2ccccc2)CC1)N1CCCC1. The highest BCUT2D eigenvalue weighted by molar-refractivity contribution is 7.99. The number of likely N-dealkylation sites (tertiary alicyclic amines) is 1. The van der Waals surface area contributed by atoms with Crippen molar-refractivity contribution in [3.63, 3.8) is 0 Å². The molecule has 3 aliphatic rings. The van der Waals surface area contributed by atoms with Crippen LogP contribution in [0.4, 0.5) is 5.69 Å². The lowest BCUT2D eigenvalue weighted by molar-refractivity contribution is -0.132. The van der Waals surface area contributed by atoms with Gasteiger partial charge >= 0.3 is 0 Å². The molecule has 5 rings (SSSR count). The van der Waals surface area contributed by atoms with E-state index in [0.29, 0.717) is 13.1 Å². The molecule has 7 heteroatoms. The normalized spacial score (nSPS) is 21.8. The van der Waals surface area contributed by atoms with Crippen LogP contribution >= 0.6 is 11.8 Å². The van der Waals surface area contributed by atoms with Crippen molar-refractivity contribution in [1.29, 1.82) is 0 Å². The zero-order valence-corrected chi connectivity index (χ0v) is 19.9. The minimum absolute atomic E-state index is 0.0398. The fraction of sp³-hybridized carbons (Fsp3) is 0.462. The van der Waals surface area contributed by atoms with Gasteiger partial charge in [0, 0.05) is 49.9 Å². The number of carbonyl (C=O) groups excluding carboxylic acids is 2. The molecular weight excluding hydrogens is 432 g/mol. The summed E-state index contributed by atoms with van der Waals surface area (Å²) in [5.41, 5.74) is 2.19. The van der Waals surface area contributed by atoms with Crippen molar-refractivity contribution < 1.29 is 9.59 Å². The molecule has 0 saturated carbocycles. The number of anilines is 1. The van der Waals surface area contributed by atoms with Gasteiger partial charge in [-0.05, 0) is 30.5 Å². The van der Waals surface area contributed by atoms with Gasteiger partial charge in [-0.2, -0.15) is 0 Å². The number of benzene rings is 2.